The Morgan fingerprint density at radius 3 is 2.39 bits per heavy atom. The Hall–Kier alpha value is -4.02. The third kappa shape index (κ3) is 5.00. The molecular weight excluding hydrogens is 372 g/mol. The molecule has 2 aromatic rings. The monoisotopic (exact) mass is 388 g/mol. The first-order valence-corrected chi connectivity index (χ1v) is 7.86. The van der Waals surface area contributed by atoms with Crippen molar-refractivity contribution in [1.82, 2.24) is 4.57 Å². The minimum absolute atomic E-state index is 0.241. The van der Waals surface area contributed by atoms with Crippen molar-refractivity contribution in [3.05, 3.63) is 62.6 Å². The Morgan fingerprint density at radius 1 is 1.18 bits per heavy atom. The predicted molar refractivity (Wildman–Crippen MR) is 98.1 cm³/mol. The lowest BCUT2D eigenvalue weighted by molar-refractivity contribution is -0.386. The molecule has 0 atom stereocenters. The number of anilines is 2. The molecule has 0 radical (unpaired) electrons. The van der Waals surface area contributed by atoms with Crippen molar-refractivity contribution in [3.8, 4) is 0 Å². The van der Waals surface area contributed by atoms with E-state index in [9.17, 15) is 29.3 Å². The van der Waals surface area contributed by atoms with Crippen molar-refractivity contribution in [2.24, 2.45) is 0 Å². The maximum absolute atomic E-state index is 12.3. The summed E-state index contributed by atoms with van der Waals surface area (Å²) >= 11 is 0. The van der Waals surface area contributed by atoms with Gasteiger partial charge in [-0.2, -0.15) is 0 Å². The van der Waals surface area contributed by atoms with Crippen LogP contribution >= 0.6 is 0 Å². The molecule has 0 saturated heterocycles. The van der Waals surface area contributed by atoms with Crippen LogP contribution in [0.2, 0.25) is 0 Å². The van der Waals surface area contributed by atoms with Crippen LogP contribution in [0.25, 0.3) is 0 Å². The molecule has 0 aliphatic rings. The standard InChI is InChI=1S/C17H16N4O7/c1-10(22)18-12-4-3-5-13(7-12)19-15(23)9-20-8-11(17(25)28-2)6-14(16(20)24)21(26)27/h3-8H,9H2,1-2H3,(H,18,22)(H,19,23). The zero-order chi connectivity index (χ0) is 20.8. The van der Waals surface area contributed by atoms with E-state index in [0.717, 1.165) is 23.9 Å². The summed E-state index contributed by atoms with van der Waals surface area (Å²) in [6.45, 7) is 0.758. The fourth-order valence-corrected chi connectivity index (χ4v) is 2.33. The SMILES string of the molecule is COC(=O)c1cc([N+](=O)[O-])c(=O)n(CC(=O)Nc2cccc(NC(C)=O)c2)c1. The summed E-state index contributed by atoms with van der Waals surface area (Å²) in [5.74, 6) is -1.85. The first-order valence-electron chi connectivity index (χ1n) is 7.86. The van der Waals surface area contributed by atoms with Crippen LogP contribution in [0.5, 0.6) is 0 Å². The number of hydrogen-bond donors (Lipinski definition) is 2. The van der Waals surface area contributed by atoms with Gasteiger partial charge in [0.15, 0.2) is 0 Å². The smallest absolute Gasteiger partial charge is 0.339 e. The van der Waals surface area contributed by atoms with Gasteiger partial charge in [-0.1, -0.05) is 6.07 Å². The summed E-state index contributed by atoms with van der Waals surface area (Å²) in [6, 6.07) is 7.05. The highest BCUT2D eigenvalue weighted by Crippen LogP contribution is 2.15. The van der Waals surface area contributed by atoms with Crippen LogP contribution in [0, 0.1) is 10.1 Å². The number of hydrogen-bond acceptors (Lipinski definition) is 7. The molecule has 11 nitrogen and oxygen atoms in total. The van der Waals surface area contributed by atoms with Crippen molar-refractivity contribution in [2.45, 2.75) is 13.5 Å². The maximum Gasteiger partial charge on any atom is 0.339 e. The second kappa shape index (κ2) is 8.58. The third-order valence-electron chi connectivity index (χ3n) is 3.47. The fourth-order valence-electron chi connectivity index (χ4n) is 2.33. The van der Waals surface area contributed by atoms with Crippen molar-refractivity contribution in [1.29, 1.82) is 0 Å². The number of carbonyl (C=O) groups is 3. The molecule has 1 aromatic carbocycles. The van der Waals surface area contributed by atoms with Crippen molar-refractivity contribution < 1.29 is 24.0 Å². The molecule has 2 N–H and O–H groups in total. The summed E-state index contributed by atoms with van der Waals surface area (Å²) in [6.07, 6.45) is 1.01. The average molecular weight is 388 g/mol. The molecular formula is C17H16N4O7. The molecule has 0 spiro atoms. The summed E-state index contributed by atoms with van der Waals surface area (Å²) < 4.78 is 5.25. The zero-order valence-electron chi connectivity index (χ0n) is 14.9. The Labute approximate surface area is 158 Å². The van der Waals surface area contributed by atoms with Crippen LogP contribution in [-0.2, 0) is 20.9 Å². The summed E-state index contributed by atoms with van der Waals surface area (Å²) in [5, 5.41) is 16.1. The Kier molecular flexibility index (Phi) is 6.22. The van der Waals surface area contributed by atoms with Gasteiger partial charge < -0.3 is 15.4 Å². The van der Waals surface area contributed by atoms with Crippen molar-refractivity contribution >= 4 is 34.8 Å². The quantitative estimate of drug-likeness (QED) is 0.428. The minimum Gasteiger partial charge on any atom is -0.465 e. The average Bonchev–Trinajstić information content (AvgIpc) is 2.62. The largest absolute Gasteiger partial charge is 0.465 e. The number of ether oxygens (including phenoxy) is 1. The number of amides is 2. The second-order valence-corrected chi connectivity index (χ2v) is 5.61. The summed E-state index contributed by atoms with van der Waals surface area (Å²) in [4.78, 5) is 57.3. The van der Waals surface area contributed by atoms with E-state index >= 15 is 0 Å². The number of nitrogens with one attached hydrogen (secondary N) is 2. The van der Waals surface area contributed by atoms with E-state index < -0.39 is 34.6 Å². The number of nitro groups is 1. The van der Waals surface area contributed by atoms with Crippen LogP contribution in [0.15, 0.2) is 41.3 Å². The molecule has 2 amide bonds. The van der Waals surface area contributed by atoms with E-state index in [4.69, 9.17) is 0 Å². The van der Waals surface area contributed by atoms with Crippen LogP contribution in [0.1, 0.15) is 17.3 Å². The van der Waals surface area contributed by atoms with E-state index in [2.05, 4.69) is 15.4 Å². The van der Waals surface area contributed by atoms with Crippen molar-refractivity contribution in [2.75, 3.05) is 17.7 Å². The van der Waals surface area contributed by atoms with Gasteiger partial charge in [0.2, 0.25) is 11.8 Å². The molecule has 1 aromatic heterocycles. The van der Waals surface area contributed by atoms with Crippen molar-refractivity contribution in [3.63, 3.8) is 0 Å². The van der Waals surface area contributed by atoms with Gasteiger partial charge in [0.25, 0.3) is 0 Å². The molecule has 0 bridgehead atoms. The number of esters is 1. The number of rotatable bonds is 6. The molecule has 146 valence electrons. The molecule has 11 heteroatoms. The number of nitrogens with zero attached hydrogens (tertiary/aromatic N) is 2. The lowest BCUT2D eigenvalue weighted by atomic mass is 10.2. The molecule has 0 unspecified atom stereocenters. The lowest BCUT2D eigenvalue weighted by Gasteiger charge is -2.10. The lowest BCUT2D eigenvalue weighted by Crippen LogP contribution is -2.29. The molecule has 0 aliphatic carbocycles. The molecule has 1 heterocycles. The van der Waals surface area contributed by atoms with Crippen LogP contribution in [-0.4, -0.2) is 34.4 Å². The van der Waals surface area contributed by atoms with Gasteiger partial charge in [0, 0.05) is 30.6 Å². The fraction of sp³-hybridized carbons (Fsp3) is 0.176. The Morgan fingerprint density at radius 2 is 1.82 bits per heavy atom. The highest BCUT2D eigenvalue weighted by molar-refractivity contribution is 5.93. The van der Waals surface area contributed by atoms with Gasteiger partial charge in [-0.05, 0) is 18.2 Å². The number of pyridine rings is 1. The van der Waals surface area contributed by atoms with Crippen LogP contribution in [0.4, 0.5) is 17.1 Å². The van der Waals surface area contributed by atoms with E-state index in [-0.39, 0.29) is 11.5 Å². The van der Waals surface area contributed by atoms with Gasteiger partial charge in [0.05, 0.1) is 17.6 Å². The molecule has 0 fully saturated rings. The second-order valence-electron chi connectivity index (χ2n) is 5.61. The number of aromatic nitrogens is 1. The van der Waals surface area contributed by atoms with Gasteiger partial charge in [-0.3, -0.25) is 29.1 Å². The van der Waals surface area contributed by atoms with E-state index in [1.165, 1.54) is 13.0 Å². The molecule has 28 heavy (non-hydrogen) atoms. The van der Waals surface area contributed by atoms with E-state index in [1.807, 2.05) is 0 Å². The highest BCUT2D eigenvalue weighted by atomic mass is 16.6. The Balaban J connectivity index is 2.27. The topological polar surface area (TPSA) is 150 Å². The van der Waals surface area contributed by atoms with Gasteiger partial charge in [0.1, 0.15) is 6.54 Å². The zero-order valence-corrected chi connectivity index (χ0v) is 14.9. The van der Waals surface area contributed by atoms with Crippen LogP contribution in [0.3, 0.4) is 0 Å². The molecule has 0 saturated carbocycles. The third-order valence-corrected chi connectivity index (χ3v) is 3.47. The Bertz CT molecular complexity index is 1010. The maximum atomic E-state index is 12.3. The first kappa shape index (κ1) is 20.3. The molecule has 2 rings (SSSR count). The minimum atomic E-state index is -1.04. The highest BCUT2D eigenvalue weighted by Gasteiger charge is 2.21. The van der Waals surface area contributed by atoms with Crippen LogP contribution < -0.4 is 16.2 Å². The number of carbonyl (C=O) groups excluding carboxylic acids is 3. The molecule has 0 aliphatic heterocycles. The van der Waals surface area contributed by atoms with Gasteiger partial charge >= 0.3 is 17.2 Å². The number of methoxy groups -OCH3 is 1. The predicted octanol–water partition coefficient (Wildman–Crippen LogP) is 1.14. The first-order chi connectivity index (χ1) is 13.2. The van der Waals surface area contributed by atoms with E-state index in [0.29, 0.717) is 11.4 Å². The number of benzene rings is 1. The normalized spacial score (nSPS) is 10.1. The summed E-state index contributed by atoms with van der Waals surface area (Å²) in [5.41, 5.74) is -1.36. The summed E-state index contributed by atoms with van der Waals surface area (Å²) in [7, 11) is 1.08. The van der Waals surface area contributed by atoms with E-state index in [1.54, 1.807) is 18.2 Å². The van der Waals surface area contributed by atoms with Gasteiger partial charge in [-0.25, -0.2) is 4.79 Å². The van der Waals surface area contributed by atoms with Gasteiger partial charge in [-0.15, -0.1) is 0 Å².